The van der Waals surface area contributed by atoms with Crippen molar-refractivity contribution >= 4 is 34.3 Å². The maximum atomic E-state index is 12.5. The normalized spacial score (nSPS) is 10.9. The summed E-state index contributed by atoms with van der Waals surface area (Å²) in [6, 6.07) is 25.1. The summed E-state index contributed by atoms with van der Waals surface area (Å²) >= 11 is 0. The Kier molecular flexibility index (Phi) is 6.09. The van der Waals surface area contributed by atoms with Crippen LogP contribution in [0.15, 0.2) is 85.2 Å². The van der Waals surface area contributed by atoms with E-state index in [0.717, 1.165) is 33.5 Å². The highest BCUT2D eigenvalue weighted by Crippen LogP contribution is 2.25. The number of nitrogen functional groups attached to an aromatic ring is 1. The lowest BCUT2D eigenvalue weighted by atomic mass is 10.1. The first-order chi connectivity index (χ1) is 17.0. The van der Waals surface area contributed by atoms with Crippen LogP contribution in [-0.4, -0.2) is 25.8 Å². The van der Waals surface area contributed by atoms with Crippen LogP contribution in [0.2, 0.25) is 0 Å². The van der Waals surface area contributed by atoms with E-state index in [4.69, 9.17) is 10.8 Å². The van der Waals surface area contributed by atoms with Crippen LogP contribution < -0.4 is 16.4 Å². The number of amides is 2. The van der Waals surface area contributed by atoms with Gasteiger partial charge in [-0.15, -0.1) is 0 Å². The molecule has 4 N–H and O–H groups in total. The van der Waals surface area contributed by atoms with Crippen molar-refractivity contribution in [2.45, 2.75) is 19.9 Å². The van der Waals surface area contributed by atoms with Crippen molar-refractivity contribution in [1.29, 1.82) is 0 Å². The van der Waals surface area contributed by atoms with Crippen molar-refractivity contribution < 1.29 is 4.79 Å². The molecule has 0 aliphatic carbocycles. The quantitative estimate of drug-likeness (QED) is 0.328. The lowest BCUT2D eigenvalue weighted by molar-refractivity contribution is 0.262. The van der Waals surface area contributed by atoms with Gasteiger partial charge >= 0.3 is 6.03 Å². The number of carbonyl (C=O) groups is 1. The van der Waals surface area contributed by atoms with Gasteiger partial charge in [0, 0.05) is 17.8 Å². The monoisotopic (exact) mass is 463 g/mol. The highest BCUT2D eigenvalue weighted by Gasteiger charge is 2.16. The first-order valence-electron chi connectivity index (χ1n) is 11.3. The van der Waals surface area contributed by atoms with Crippen molar-refractivity contribution in [1.82, 2.24) is 19.7 Å². The molecule has 8 nitrogen and oxygen atoms in total. The molecule has 2 amide bonds. The molecular weight excluding hydrogens is 438 g/mol. The number of aryl methyl sites for hydroxylation is 1. The molecule has 0 spiro atoms. The standard InChI is InChI=1S/C27H25N7O/c1-18-7-5-11-21(13-18)31-27(35)32-22-12-6-10-20(14-22)15-23-24-25(28)29-17-30-26(24)34(33-23)16-19-8-3-2-4-9-19/h2-14,17H,15-16H2,1H3,(H2,28,29,30)(H2,31,32,35). The second kappa shape index (κ2) is 9.64. The molecule has 0 saturated heterocycles. The molecular formula is C27H25N7O. The van der Waals surface area contributed by atoms with Crippen molar-refractivity contribution in [3.8, 4) is 0 Å². The molecule has 5 rings (SSSR count). The highest BCUT2D eigenvalue weighted by atomic mass is 16.2. The molecule has 3 aromatic carbocycles. The van der Waals surface area contributed by atoms with Gasteiger partial charge in [-0.1, -0.05) is 54.6 Å². The summed E-state index contributed by atoms with van der Waals surface area (Å²) in [5.41, 5.74) is 12.3. The summed E-state index contributed by atoms with van der Waals surface area (Å²) in [6.45, 7) is 2.56. The van der Waals surface area contributed by atoms with Gasteiger partial charge in [0.15, 0.2) is 5.65 Å². The largest absolute Gasteiger partial charge is 0.383 e. The first-order valence-corrected chi connectivity index (χ1v) is 11.3. The number of aromatic nitrogens is 4. The van der Waals surface area contributed by atoms with E-state index in [1.807, 2.05) is 78.3 Å². The van der Waals surface area contributed by atoms with Crippen LogP contribution in [0.25, 0.3) is 11.0 Å². The number of nitrogens with zero attached hydrogens (tertiary/aromatic N) is 4. The first kappa shape index (κ1) is 22.1. The Morgan fingerprint density at radius 3 is 2.37 bits per heavy atom. The number of nitrogens with one attached hydrogen (secondary N) is 2. The Balaban J connectivity index is 1.37. The number of fused-ring (bicyclic) bond motifs is 1. The van der Waals surface area contributed by atoms with Gasteiger partial charge in [-0.25, -0.2) is 19.4 Å². The van der Waals surface area contributed by atoms with Gasteiger partial charge in [-0.2, -0.15) is 5.10 Å². The molecule has 0 radical (unpaired) electrons. The number of hydrogen-bond acceptors (Lipinski definition) is 5. The number of anilines is 3. The van der Waals surface area contributed by atoms with Gasteiger partial charge in [-0.05, 0) is 47.9 Å². The zero-order valence-corrected chi connectivity index (χ0v) is 19.3. The van der Waals surface area contributed by atoms with E-state index >= 15 is 0 Å². The van der Waals surface area contributed by atoms with Crippen molar-refractivity contribution in [3.63, 3.8) is 0 Å². The van der Waals surface area contributed by atoms with Crippen LogP contribution in [0, 0.1) is 6.92 Å². The summed E-state index contributed by atoms with van der Waals surface area (Å²) < 4.78 is 1.86. The number of benzene rings is 3. The topological polar surface area (TPSA) is 111 Å². The molecule has 8 heteroatoms. The third kappa shape index (κ3) is 5.11. The van der Waals surface area contributed by atoms with E-state index in [2.05, 4.69) is 32.7 Å². The zero-order valence-electron chi connectivity index (χ0n) is 19.3. The number of nitrogens with two attached hydrogens (primary N) is 1. The summed E-state index contributed by atoms with van der Waals surface area (Å²) in [7, 11) is 0. The fourth-order valence-electron chi connectivity index (χ4n) is 4.06. The van der Waals surface area contributed by atoms with Crippen LogP contribution in [0.1, 0.15) is 22.4 Å². The van der Waals surface area contributed by atoms with Gasteiger partial charge in [0.2, 0.25) is 0 Å². The van der Waals surface area contributed by atoms with Crippen molar-refractivity contribution in [3.05, 3.63) is 108 Å². The second-order valence-electron chi connectivity index (χ2n) is 8.37. The minimum absolute atomic E-state index is 0.303. The molecule has 0 aliphatic rings. The highest BCUT2D eigenvalue weighted by molar-refractivity contribution is 5.99. The molecule has 0 atom stereocenters. The zero-order chi connectivity index (χ0) is 24.2. The Bertz CT molecular complexity index is 1490. The Morgan fingerprint density at radius 2 is 1.60 bits per heavy atom. The van der Waals surface area contributed by atoms with Crippen LogP contribution in [-0.2, 0) is 13.0 Å². The third-order valence-electron chi connectivity index (χ3n) is 5.64. The summed E-state index contributed by atoms with van der Waals surface area (Å²) in [5.74, 6) is 0.399. The minimum Gasteiger partial charge on any atom is -0.383 e. The predicted octanol–water partition coefficient (Wildman–Crippen LogP) is 5.00. The molecule has 5 aromatic rings. The Morgan fingerprint density at radius 1 is 0.886 bits per heavy atom. The molecule has 2 aromatic heterocycles. The van der Waals surface area contributed by atoms with E-state index in [0.29, 0.717) is 30.1 Å². The molecule has 0 bridgehead atoms. The van der Waals surface area contributed by atoms with E-state index in [1.165, 1.54) is 6.33 Å². The third-order valence-corrected chi connectivity index (χ3v) is 5.64. The molecule has 35 heavy (non-hydrogen) atoms. The van der Waals surface area contributed by atoms with Gasteiger partial charge < -0.3 is 16.4 Å². The average molecular weight is 464 g/mol. The maximum Gasteiger partial charge on any atom is 0.323 e. The van der Waals surface area contributed by atoms with E-state index in [9.17, 15) is 4.79 Å². The number of hydrogen-bond donors (Lipinski definition) is 3. The molecule has 0 saturated carbocycles. The number of urea groups is 1. The Hall–Kier alpha value is -4.72. The van der Waals surface area contributed by atoms with Gasteiger partial charge in [-0.3, -0.25) is 0 Å². The van der Waals surface area contributed by atoms with Crippen LogP contribution >= 0.6 is 0 Å². The average Bonchev–Trinajstić information content (AvgIpc) is 3.18. The summed E-state index contributed by atoms with van der Waals surface area (Å²) in [6.07, 6.45) is 1.98. The van der Waals surface area contributed by atoms with Gasteiger partial charge in [0.1, 0.15) is 12.1 Å². The molecule has 0 unspecified atom stereocenters. The van der Waals surface area contributed by atoms with Crippen LogP contribution in [0.5, 0.6) is 0 Å². The summed E-state index contributed by atoms with van der Waals surface area (Å²) in [5, 5.41) is 11.3. The molecule has 174 valence electrons. The van der Waals surface area contributed by atoms with Crippen molar-refractivity contribution in [2.75, 3.05) is 16.4 Å². The predicted molar refractivity (Wildman–Crippen MR) is 138 cm³/mol. The molecule has 2 heterocycles. The lowest BCUT2D eigenvalue weighted by Crippen LogP contribution is -2.19. The van der Waals surface area contributed by atoms with Gasteiger partial charge in [0.25, 0.3) is 0 Å². The molecule has 0 fully saturated rings. The number of carbonyl (C=O) groups excluding carboxylic acids is 1. The lowest BCUT2D eigenvalue weighted by Gasteiger charge is -2.09. The fraction of sp³-hybridized carbons (Fsp3) is 0.111. The second-order valence-corrected chi connectivity index (χ2v) is 8.37. The van der Waals surface area contributed by atoms with Crippen LogP contribution in [0.3, 0.4) is 0 Å². The SMILES string of the molecule is Cc1cccc(NC(=O)Nc2cccc(Cc3nn(Cc4ccccc4)c4ncnc(N)c34)c2)c1. The van der Waals surface area contributed by atoms with Crippen molar-refractivity contribution in [2.24, 2.45) is 0 Å². The summed E-state index contributed by atoms with van der Waals surface area (Å²) in [4.78, 5) is 21.1. The minimum atomic E-state index is -0.303. The number of rotatable bonds is 6. The van der Waals surface area contributed by atoms with Gasteiger partial charge in [0.05, 0.1) is 17.6 Å². The van der Waals surface area contributed by atoms with Crippen LogP contribution in [0.4, 0.5) is 22.0 Å². The maximum absolute atomic E-state index is 12.5. The van der Waals surface area contributed by atoms with E-state index in [-0.39, 0.29) is 6.03 Å². The smallest absolute Gasteiger partial charge is 0.323 e. The fourth-order valence-corrected chi connectivity index (χ4v) is 4.06. The van der Waals surface area contributed by atoms with E-state index in [1.54, 1.807) is 0 Å². The molecule has 0 aliphatic heterocycles. The Labute approximate surface area is 202 Å². The van der Waals surface area contributed by atoms with E-state index < -0.39 is 0 Å².